The molecule has 0 radical (unpaired) electrons. The molecule has 0 amide bonds. The van der Waals surface area contributed by atoms with E-state index in [2.05, 4.69) is 10.3 Å². The molecular formula is C10H12N2O3. The summed E-state index contributed by atoms with van der Waals surface area (Å²) in [7, 11) is 0. The summed E-state index contributed by atoms with van der Waals surface area (Å²) in [6.07, 6.45) is 1.66. The van der Waals surface area contributed by atoms with E-state index in [-0.39, 0.29) is 11.4 Å². The zero-order valence-corrected chi connectivity index (χ0v) is 8.28. The average Bonchev–Trinajstić information content (AvgIpc) is 2.17. The Labute approximate surface area is 87.1 Å². The van der Waals surface area contributed by atoms with Gasteiger partial charge in [0.15, 0.2) is 0 Å². The maximum Gasteiger partial charge on any atom is 0.308 e. The maximum atomic E-state index is 10.7. The van der Waals surface area contributed by atoms with Crippen molar-refractivity contribution in [1.29, 1.82) is 0 Å². The van der Waals surface area contributed by atoms with Gasteiger partial charge in [-0.3, -0.25) is 9.79 Å². The van der Waals surface area contributed by atoms with Crippen LogP contribution < -0.4 is 10.1 Å². The molecule has 3 N–H and O–H groups in total. The lowest BCUT2D eigenvalue weighted by Crippen LogP contribution is -2.06. The zero-order chi connectivity index (χ0) is 9.97. The van der Waals surface area contributed by atoms with E-state index in [0.717, 1.165) is 11.3 Å². The number of hydrogen-bond donors (Lipinski definition) is 1. The normalized spacial score (nSPS) is 12.1. The molecule has 2 rings (SSSR count). The van der Waals surface area contributed by atoms with Crippen LogP contribution in [0.1, 0.15) is 12.5 Å². The summed E-state index contributed by atoms with van der Waals surface area (Å²) >= 11 is 0. The van der Waals surface area contributed by atoms with E-state index in [1.165, 1.54) is 6.92 Å². The molecule has 0 fully saturated rings. The van der Waals surface area contributed by atoms with Gasteiger partial charge < -0.3 is 15.5 Å². The molecule has 0 unspecified atom stereocenters. The van der Waals surface area contributed by atoms with Crippen LogP contribution in [0.3, 0.4) is 0 Å². The molecule has 1 aliphatic rings. The van der Waals surface area contributed by atoms with Crippen molar-refractivity contribution in [3.63, 3.8) is 0 Å². The summed E-state index contributed by atoms with van der Waals surface area (Å²) in [4.78, 5) is 14.8. The lowest BCUT2D eigenvalue weighted by Gasteiger charge is -2.12. The Morgan fingerprint density at radius 3 is 3.07 bits per heavy atom. The first-order valence-electron chi connectivity index (χ1n) is 4.32. The second kappa shape index (κ2) is 4.56. The number of ether oxygens (including phenoxy) is 1. The number of carbonyl (C=O) groups is 1. The molecule has 1 heterocycles. The fourth-order valence-corrected chi connectivity index (χ4v) is 1.33. The van der Waals surface area contributed by atoms with Crippen LogP contribution in [0.2, 0.25) is 0 Å². The van der Waals surface area contributed by atoms with E-state index in [1.807, 2.05) is 12.1 Å². The van der Waals surface area contributed by atoms with E-state index in [1.54, 1.807) is 12.4 Å². The third kappa shape index (κ3) is 2.54. The van der Waals surface area contributed by atoms with Gasteiger partial charge in [0.05, 0.1) is 12.9 Å². The van der Waals surface area contributed by atoms with Gasteiger partial charge in [-0.2, -0.15) is 0 Å². The van der Waals surface area contributed by atoms with E-state index in [4.69, 9.17) is 4.74 Å². The summed E-state index contributed by atoms with van der Waals surface area (Å²) in [6.45, 7) is 2.01. The summed E-state index contributed by atoms with van der Waals surface area (Å²) in [5, 5.41) is 3.01. The van der Waals surface area contributed by atoms with Crippen LogP contribution in [0.5, 0.6) is 5.75 Å². The van der Waals surface area contributed by atoms with Crippen LogP contribution in [0.4, 0.5) is 5.69 Å². The monoisotopic (exact) mass is 208 g/mol. The molecule has 80 valence electrons. The number of rotatable bonds is 1. The van der Waals surface area contributed by atoms with E-state index < -0.39 is 0 Å². The quantitative estimate of drug-likeness (QED) is 0.545. The first kappa shape index (κ1) is 11.2. The van der Waals surface area contributed by atoms with Gasteiger partial charge in [0.2, 0.25) is 0 Å². The van der Waals surface area contributed by atoms with Crippen LogP contribution in [-0.4, -0.2) is 17.8 Å². The number of nitrogens with zero attached hydrogens (tertiary/aromatic N) is 1. The Kier molecular flexibility index (Phi) is 3.41. The number of esters is 1. The van der Waals surface area contributed by atoms with Crippen molar-refractivity contribution in [2.75, 3.05) is 5.32 Å². The molecule has 0 spiro atoms. The molecule has 0 aromatic heterocycles. The predicted octanol–water partition coefficient (Wildman–Crippen LogP) is 0.741. The number of anilines is 1. The zero-order valence-electron chi connectivity index (χ0n) is 8.28. The summed E-state index contributed by atoms with van der Waals surface area (Å²) in [5.74, 6) is 0.257. The van der Waals surface area contributed by atoms with Gasteiger partial charge in [-0.25, -0.2) is 0 Å². The van der Waals surface area contributed by atoms with Gasteiger partial charge in [0.1, 0.15) is 5.75 Å². The average molecular weight is 208 g/mol. The molecule has 5 nitrogen and oxygen atoms in total. The highest BCUT2D eigenvalue weighted by Gasteiger charge is 2.07. The highest BCUT2D eigenvalue weighted by Crippen LogP contribution is 2.24. The smallest absolute Gasteiger partial charge is 0.308 e. The van der Waals surface area contributed by atoms with Crippen LogP contribution in [0.15, 0.2) is 23.2 Å². The van der Waals surface area contributed by atoms with Gasteiger partial charge >= 0.3 is 5.97 Å². The summed E-state index contributed by atoms with van der Waals surface area (Å²) in [5.41, 5.74) is 2.04. The predicted molar refractivity (Wildman–Crippen MR) is 57.2 cm³/mol. The molecule has 0 aliphatic carbocycles. The maximum absolute atomic E-state index is 10.7. The largest absolute Gasteiger partial charge is 0.427 e. The summed E-state index contributed by atoms with van der Waals surface area (Å²) < 4.78 is 4.96. The van der Waals surface area contributed by atoms with Crippen LogP contribution >= 0.6 is 0 Å². The molecule has 0 atom stereocenters. The fourth-order valence-electron chi connectivity index (χ4n) is 1.33. The lowest BCUT2D eigenvalue weighted by atomic mass is 10.1. The van der Waals surface area contributed by atoms with Crippen molar-refractivity contribution >= 4 is 18.0 Å². The number of fused-ring (bicyclic) bond motifs is 1. The first-order valence-corrected chi connectivity index (χ1v) is 4.32. The van der Waals surface area contributed by atoms with Gasteiger partial charge in [-0.05, 0) is 18.2 Å². The topological polar surface area (TPSA) is 82.2 Å². The molecule has 0 bridgehead atoms. The third-order valence-corrected chi connectivity index (χ3v) is 1.91. The molecule has 0 saturated heterocycles. The molecule has 1 aromatic rings. The number of hydrogen-bond acceptors (Lipinski definition) is 4. The molecule has 1 aliphatic heterocycles. The standard InChI is InChI=1S/C10H10N2O2.H2O/c1-7(13)14-9-2-3-10-8(4-9)5-11-6-12-10;/h2-4,6H,5H2,1H3,(H,11,12);1H2. The second-order valence-corrected chi connectivity index (χ2v) is 3.03. The van der Waals surface area contributed by atoms with Crippen LogP contribution in [0.25, 0.3) is 0 Å². The minimum atomic E-state index is -0.308. The minimum Gasteiger partial charge on any atom is -0.427 e. The molecule has 1 aromatic carbocycles. The van der Waals surface area contributed by atoms with Crippen molar-refractivity contribution in [2.45, 2.75) is 13.5 Å². The van der Waals surface area contributed by atoms with E-state index in [0.29, 0.717) is 12.3 Å². The van der Waals surface area contributed by atoms with E-state index in [9.17, 15) is 4.79 Å². The van der Waals surface area contributed by atoms with E-state index >= 15 is 0 Å². The fraction of sp³-hybridized carbons (Fsp3) is 0.200. The lowest BCUT2D eigenvalue weighted by molar-refractivity contribution is -0.131. The highest BCUT2D eigenvalue weighted by molar-refractivity contribution is 5.80. The molecule has 15 heavy (non-hydrogen) atoms. The van der Waals surface area contributed by atoms with Crippen LogP contribution in [-0.2, 0) is 11.3 Å². The molecule has 0 saturated carbocycles. The van der Waals surface area contributed by atoms with Gasteiger partial charge in [-0.1, -0.05) is 0 Å². The Hall–Kier alpha value is -1.88. The van der Waals surface area contributed by atoms with Crippen molar-refractivity contribution in [2.24, 2.45) is 4.99 Å². The number of nitrogens with one attached hydrogen (secondary N) is 1. The number of aliphatic imine (C=N–C) groups is 1. The van der Waals surface area contributed by atoms with Crippen molar-refractivity contribution in [3.05, 3.63) is 23.8 Å². The molecule has 5 heteroatoms. The van der Waals surface area contributed by atoms with Crippen molar-refractivity contribution in [1.82, 2.24) is 0 Å². The minimum absolute atomic E-state index is 0. The van der Waals surface area contributed by atoms with Gasteiger partial charge in [0, 0.05) is 18.2 Å². The second-order valence-electron chi connectivity index (χ2n) is 3.03. The number of benzene rings is 1. The Balaban J connectivity index is 0.00000112. The van der Waals surface area contributed by atoms with Crippen molar-refractivity contribution in [3.8, 4) is 5.75 Å². The van der Waals surface area contributed by atoms with Gasteiger partial charge in [0.25, 0.3) is 0 Å². The third-order valence-electron chi connectivity index (χ3n) is 1.91. The van der Waals surface area contributed by atoms with Crippen LogP contribution in [0, 0.1) is 0 Å². The summed E-state index contributed by atoms with van der Waals surface area (Å²) in [6, 6.07) is 5.45. The number of carbonyl (C=O) groups excluding carboxylic acids is 1. The van der Waals surface area contributed by atoms with Gasteiger partial charge in [-0.15, -0.1) is 0 Å². The Morgan fingerprint density at radius 1 is 1.53 bits per heavy atom. The Morgan fingerprint density at radius 2 is 2.33 bits per heavy atom. The van der Waals surface area contributed by atoms with Crippen molar-refractivity contribution < 1.29 is 15.0 Å². The molecular weight excluding hydrogens is 196 g/mol. The highest BCUT2D eigenvalue weighted by atomic mass is 16.5. The Bertz CT molecular complexity index is 402. The SMILES string of the molecule is CC(=O)Oc1ccc2c(c1)CN=CN2.O. The first-order chi connectivity index (χ1) is 6.75.